The monoisotopic (exact) mass is 335 g/mol. The predicted octanol–water partition coefficient (Wildman–Crippen LogP) is 1.86. The molecule has 0 bridgehead atoms. The molecular formula is C17H25N3O4. The summed E-state index contributed by atoms with van der Waals surface area (Å²) in [5.74, 6) is 1.11. The molecular weight excluding hydrogens is 310 g/mol. The largest absolute Gasteiger partial charge is 0.497 e. The van der Waals surface area contributed by atoms with Crippen LogP contribution in [0.25, 0.3) is 0 Å². The molecule has 0 unspecified atom stereocenters. The Morgan fingerprint density at radius 3 is 2.67 bits per heavy atom. The highest BCUT2D eigenvalue weighted by molar-refractivity contribution is 6.01. The number of carbonyl (C=O) groups is 2. The molecule has 2 rings (SSSR count). The van der Waals surface area contributed by atoms with Crippen molar-refractivity contribution < 1.29 is 19.1 Å². The summed E-state index contributed by atoms with van der Waals surface area (Å²) < 4.78 is 10.6. The van der Waals surface area contributed by atoms with Crippen molar-refractivity contribution in [3.63, 3.8) is 0 Å². The van der Waals surface area contributed by atoms with E-state index in [9.17, 15) is 9.59 Å². The highest BCUT2D eigenvalue weighted by Gasteiger charge is 2.36. The first-order chi connectivity index (χ1) is 11.5. The van der Waals surface area contributed by atoms with Gasteiger partial charge in [0.25, 0.3) is 0 Å². The number of piperazine rings is 1. The van der Waals surface area contributed by atoms with Gasteiger partial charge < -0.3 is 24.6 Å². The molecule has 1 aliphatic heterocycles. The van der Waals surface area contributed by atoms with Gasteiger partial charge in [0.1, 0.15) is 17.5 Å². The Labute approximate surface area is 142 Å². The van der Waals surface area contributed by atoms with E-state index in [-0.39, 0.29) is 11.9 Å². The van der Waals surface area contributed by atoms with Gasteiger partial charge >= 0.3 is 6.03 Å². The Morgan fingerprint density at radius 2 is 2.04 bits per heavy atom. The maximum atomic E-state index is 12.8. The number of hydrogen-bond donors (Lipinski definition) is 1. The van der Waals surface area contributed by atoms with Gasteiger partial charge in [-0.2, -0.15) is 0 Å². The Kier molecular flexibility index (Phi) is 5.89. The number of amides is 3. The molecule has 0 aromatic heterocycles. The number of hydrogen-bond acceptors (Lipinski definition) is 4. The van der Waals surface area contributed by atoms with Crippen LogP contribution in [0.15, 0.2) is 18.2 Å². The molecule has 1 fully saturated rings. The van der Waals surface area contributed by atoms with Gasteiger partial charge in [0, 0.05) is 25.7 Å². The number of urea groups is 1. The minimum absolute atomic E-state index is 0.139. The van der Waals surface area contributed by atoms with Gasteiger partial charge in [0.2, 0.25) is 5.91 Å². The van der Waals surface area contributed by atoms with E-state index in [1.54, 1.807) is 49.1 Å². The molecule has 0 radical (unpaired) electrons. The highest BCUT2D eigenvalue weighted by atomic mass is 16.5. The summed E-state index contributed by atoms with van der Waals surface area (Å²) in [6.07, 6.45) is 0.856. The second-order valence-corrected chi connectivity index (χ2v) is 5.63. The van der Waals surface area contributed by atoms with Crippen LogP contribution >= 0.6 is 0 Å². The molecule has 1 aliphatic rings. The third kappa shape index (κ3) is 3.55. The topological polar surface area (TPSA) is 71.1 Å². The van der Waals surface area contributed by atoms with Crippen LogP contribution in [0.1, 0.15) is 20.3 Å². The molecule has 0 saturated carbocycles. The molecule has 0 aliphatic carbocycles. The van der Waals surface area contributed by atoms with Crippen molar-refractivity contribution in [2.45, 2.75) is 26.3 Å². The number of carbonyl (C=O) groups excluding carboxylic acids is 2. The van der Waals surface area contributed by atoms with Crippen LogP contribution < -0.4 is 19.7 Å². The zero-order valence-corrected chi connectivity index (χ0v) is 14.7. The highest BCUT2D eigenvalue weighted by Crippen LogP contribution is 2.34. The Bertz CT molecular complexity index is 605. The average molecular weight is 335 g/mol. The molecule has 24 heavy (non-hydrogen) atoms. The van der Waals surface area contributed by atoms with Crippen molar-refractivity contribution in [1.82, 2.24) is 10.2 Å². The maximum Gasteiger partial charge on any atom is 0.318 e. The number of rotatable bonds is 5. The summed E-state index contributed by atoms with van der Waals surface area (Å²) in [5, 5.41) is 2.82. The molecule has 1 aromatic carbocycles. The Morgan fingerprint density at radius 1 is 1.29 bits per heavy atom. The standard InChI is InChI=1S/C17H25N3O4/c1-5-8-18-17(22)19-9-10-20(16(21)12(19)2)14-11-13(23-3)6-7-15(14)24-4/h6-7,11-12H,5,8-10H2,1-4H3,(H,18,22)/t12-/m1/s1. The normalized spacial score (nSPS) is 17.7. The number of anilines is 1. The number of nitrogens with one attached hydrogen (secondary N) is 1. The van der Waals surface area contributed by atoms with Gasteiger partial charge in [-0.3, -0.25) is 4.79 Å². The first-order valence-electron chi connectivity index (χ1n) is 8.11. The second-order valence-electron chi connectivity index (χ2n) is 5.63. The molecule has 0 spiro atoms. The van der Waals surface area contributed by atoms with Crippen LogP contribution in [0.4, 0.5) is 10.5 Å². The first kappa shape index (κ1) is 17.9. The lowest BCUT2D eigenvalue weighted by atomic mass is 10.1. The second kappa shape index (κ2) is 7.90. The molecule has 1 atom stereocenters. The van der Waals surface area contributed by atoms with E-state index >= 15 is 0 Å². The van der Waals surface area contributed by atoms with Crippen molar-refractivity contribution in [3.05, 3.63) is 18.2 Å². The van der Waals surface area contributed by atoms with Crippen molar-refractivity contribution >= 4 is 17.6 Å². The SMILES string of the molecule is CCCNC(=O)N1CCN(c2cc(OC)ccc2OC)C(=O)[C@H]1C. The predicted molar refractivity (Wildman–Crippen MR) is 91.8 cm³/mol. The number of methoxy groups -OCH3 is 2. The van der Waals surface area contributed by atoms with Crippen LogP contribution in [-0.4, -0.2) is 56.7 Å². The van der Waals surface area contributed by atoms with Crippen LogP contribution in [0.2, 0.25) is 0 Å². The third-order valence-electron chi connectivity index (χ3n) is 4.12. The van der Waals surface area contributed by atoms with Gasteiger partial charge in [0.05, 0.1) is 19.9 Å². The minimum atomic E-state index is -0.536. The smallest absolute Gasteiger partial charge is 0.318 e. The van der Waals surface area contributed by atoms with Crippen molar-refractivity contribution in [2.75, 3.05) is 38.8 Å². The van der Waals surface area contributed by atoms with Crippen LogP contribution in [0.5, 0.6) is 11.5 Å². The van der Waals surface area contributed by atoms with Crippen molar-refractivity contribution in [1.29, 1.82) is 0 Å². The molecule has 7 heteroatoms. The fourth-order valence-corrected chi connectivity index (χ4v) is 2.73. The van der Waals surface area contributed by atoms with E-state index < -0.39 is 6.04 Å². The van der Waals surface area contributed by atoms with E-state index in [0.29, 0.717) is 36.8 Å². The zero-order valence-electron chi connectivity index (χ0n) is 14.7. The summed E-state index contributed by atoms with van der Waals surface area (Å²) in [6.45, 7) is 5.20. The van der Waals surface area contributed by atoms with Gasteiger partial charge in [-0.25, -0.2) is 4.79 Å². The quantitative estimate of drug-likeness (QED) is 0.891. The van der Waals surface area contributed by atoms with Crippen molar-refractivity contribution in [3.8, 4) is 11.5 Å². The van der Waals surface area contributed by atoms with E-state index in [2.05, 4.69) is 5.32 Å². The van der Waals surface area contributed by atoms with Gasteiger partial charge in [0.15, 0.2) is 0 Å². The van der Waals surface area contributed by atoms with Crippen molar-refractivity contribution in [2.24, 2.45) is 0 Å². The molecule has 1 N–H and O–H groups in total. The Hall–Kier alpha value is -2.44. The lowest BCUT2D eigenvalue weighted by molar-refractivity contribution is -0.124. The number of nitrogens with zero attached hydrogens (tertiary/aromatic N) is 2. The summed E-state index contributed by atoms with van der Waals surface area (Å²) in [6, 6.07) is 4.59. The Balaban J connectivity index is 2.21. The van der Waals surface area contributed by atoms with Gasteiger partial charge in [-0.15, -0.1) is 0 Å². The summed E-state index contributed by atoms with van der Waals surface area (Å²) in [7, 11) is 3.14. The third-order valence-corrected chi connectivity index (χ3v) is 4.12. The van der Waals surface area contributed by atoms with Crippen LogP contribution in [0.3, 0.4) is 0 Å². The minimum Gasteiger partial charge on any atom is -0.497 e. The fraction of sp³-hybridized carbons (Fsp3) is 0.529. The average Bonchev–Trinajstić information content (AvgIpc) is 2.61. The van der Waals surface area contributed by atoms with Crippen LogP contribution in [-0.2, 0) is 4.79 Å². The zero-order chi connectivity index (χ0) is 17.7. The number of benzene rings is 1. The molecule has 7 nitrogen and oxygen atoms in total. The first-order valence-corrected chi connectivity index (χ1v) is 8.11. The molecule has 1 aromatic rings. The van der Waals surface area contributed by atoms with Gasteiger partial charge in [-0.05, 0) is 25.5 Å². The lowest BCUT2D eigenvalue weighted by Crippen LogP contribution is -2.59. The summed E-state index contributed by atoms with van der Waals surface area (Å²) in [4.78, 5) is 28.2. The lowest BCUT2D eigenvalue weighted by Gasteiger charge is -2.39. The summed E-state index contributed by atoms with van der Waals surface area (Å²) >= 11 is 0. The molecule has 3 amide bonds. The maximum absolute atomic E-state index is 12.8. The van der Waals surface area contributed by atoms with E-state index in [1.165, 1.54) is 0 Å². The fourth-order valence-electron chi connectivity index (χ4n) is 2.73. The molecule has 1 heterocycles. The van der Waals surface area contributed by atoms with E-state index in [4.69, 9.17) is 9.47 Å². The van der Waals surface area contributed by atoms with E-state index in [1.807, 2.05) is 6.92 Å². The molecule has 1 saturated heterocycles. The number of ether oxygens (including phenoxy) is 2. The summed E-state index contributed by atoms with van der Waals surface area (Å²) in [5.41, 5.74) is 0.655. The van der Waals surface area contributed by atoms with Crippen LogP contribution in [0, 0.1) is 0 Å². The molecule has 132 valence electrons. The van der Waals surface area contributed by atoms with E-state index in [0.717, 1.165) is 6.42 Å². The van der Waals surface area contributed by atoms with Gasteiger partial charge in [-0.1, -0.05) is 6.92 Å².